The quantitative estimate of drug-likeness (QED) is 0.257. The third-order valence-corrected chi connectivity index (χ3v) is 10.1. The van der Waals surface area contributed by atoms with Gasteiger partial charge < -0.3 is 15.5 Å². The van der Waals surface area contributed by atoms with Gasteiger partial charge in [0.25, 0.3) is 5.56 Å². The van der Waals surface area contributed by atoms with E-state index in [9.17, 15) is 15.0 Å². The van der Waals surface area contributed by atoms with Crippen LogP contribution in [-0.2, 0) is 31.5 Å². The average molecular weight is 596 g/mol. The van der Waals surface area contributed by atoms with Gasteiger partial charge in [0.05, 0.1) is 12.2 Å². The molecule has 10 nitrogen and oxygen atoms in total. The summed E-state index contributed by atoms with van der Waals surface area (Å²) in [4.78, 5) is 30.3. The number of hydrogen-bond acceptors (Lipinski definition) is 8. The third kappa shape index (κ3) is 5.04. The number of allylic oxidation sites excluding steroid dienone is 1. The summed E-state index contributed by atoms with van der Waals surface area (Å²) in [6.45, 7) is 8.40. The lowest BCUT2D eigenvalue weighted by Gasteiger charge is -2.39. The van der Waals surface area contributed by atoms with E-state index in [1.165, 1.54) is 24.0 Å². The highest BCUT2D eigenvalue weighted by Gasteiger charge is 2.37. The number of hydrogen-bond donors (Lipinski definition) is 3. The zero-order valence-electron chi connectivity index (χ0n) is 25.4. The number of anilines is 2. The van der Waals surface area contributed by atoms with Gasteiger partial charge in [0.1, 0.15) is 11.0 Å². The summed E-state index contributed by atoms with van der Waals surface area (Å²) in [5.74, 6) is 1.39. The Morgan fingerprint density at radius 3 is 2.68 bits per heavy atom. The van der Waals surface area contributed by atoms with E-state index in [2.05, 4.69) is 40.0 Å². The molecule has 7 rings (SSSR count). The number of aliphatic hydroxyl groups excluding tert-OH is 1. The van der Waals surface area contributed by atoms with Gasteiger partial charge in [-0.2, -0.15) is 4.98 Å². The Balaban J connectivity index is 1.17. The fourth-order valence-corrected chi connectivity index (χ4v) is 7.40. The maximum atomic E-state index is 13.4. The van der Waals surface area contributed by atoms with Crippen LogP contribution in [0.25, 0.3) is 16.9 Å². The van der Waals surface area contributed by atoms with Gasteiger partial charge in [-0.25, -0.2) is 19.3 Å². The molecule has 3 aromatic heterocycles. The lowest BCUT2D eigenvalue weighted by atomic mass is 9.84. The molecule has 230 valence electrons. The van der Waals surface area contributed by atoms with Gasteiger partial charge in [-0.1, -0.05) is 25.1 Å². The molecule has 0 unspecified atom stereocenters. The lowest BCUT2D eigenvalue weighted by molar-refractivity contribution is 0.0306. The predicted molar refractivity (Wildman–Crippen MR) is 170 cm³/mol. The fraction of sp³-hybridized carbons (Fsp3) is 0.471. The molecule has 0 bridgehead atoms. The van der Waals surface area contributed by atoms with E-state index in [1.807, 2.05) is 19.1 Å². The fourth-order valence-electron chi connectivity index (χ4n) is 7.40. The molecule has 4 heterocycles. The smallest absolute Gasteiger partial charge is 0.278 e. The molecular weight excluding hydrogens is 554 g/mol. The lowest BCUT2D eigenvalue weighted by Crippen LogP contribution is -2.41. The molecule has 1 aromatic carbocycles. The molecule has 3 aliphatic rings. The van der Waals surface area contributed by atoms with E-state index >= 15 is 0 Å². The van der Waals surface area contributed by atoms with Gasteiger partial charge in [0.2, 0.25) is 5.95 Å². The Labute approximate surface area is 257 Å². The molecule has 44 heavy (non-hydrogen) atoms. The number of aryl methyl sites for hydroxylation is 1. The highest BCUT2D eigenvalue weighted by atomic mass is 16.3. The van der Waals surface area contributed by atoms with Crippen molar-refractivity contribution < 1.29 is 10.2 Å². The van der Waals surface area contributed by atoms with Gasteiger partial charge in [0, 0.05) is 37.6 Å². The highest BCUT2D eigenvalue weighted by molar-refractivity contribution is 5.77. The minimum Gasteiger partial charge on any atom is -0.396 e. The Bertz CT molecular complexity index is 1770. The number of aliphatic hydroxyl groups is 2. The van der Waals surface area contributed by atoms with Crippen LogP contribution < -0.4 is 10.9 Å². The van der Waals surface area contributed by atoms with Crippen molar-refractivity contribution in [3.8, 4) is 5.82 Å². The van der Waals surface area contributed by atoms with Crippen LogP contribution in [0.1, 0.15) is 67.8 Å². The summed E-state index contributed by atoms with van der Waals surface area (Å²) < 4.78 is 3.28. The van der Waals surface area contributed by atoms with Crippen molar-refractivity contribution in [1.29, 1.82) is 0 Å². The highest BCUT2D eigenvalue weighted by Crippen LogP contribution is 2.38. The van der Waals surface area contributed by atoms with Crippen LogP contribution in [0.4, 0.5) is 11.6 Å². The molecule has 0 spiro atoms. The molecule has 0 saturated heterocycles. The molecule has 10 heteroatoms. The molecule has 1 aliphatic heterocycles. The van der Waals surface area contributed by atoms with Gasteiger partial charge >= 0.3 is 0 Å². The largest absolute Gasteiger partial charge is 0.396 e. The summed E-state index contributed by atoms with van der Waals surface area (Å²) in [6.07, 6.45) is 10.8. The van der Waals surface area contributed by atoms with Crippen molar-refractivity contribution in [2.24, 2.45) is 5.92 Å². The number of pyridine rings is 1. The average Bonchev–Trinajstić information content (AvgIpc) is 3.54. The monoisotopic (exact) mass is 595 g/mol. The van der Waals surface area contributed by atoms with Gasteiger partial charge in [-0.15, -0.1) is 6.58 Å². The van der Waals surface area contributed by atoms with E-state index < -0.39 is 5.60 Å². The molecule has 1 saturated carbocycles. The molecule has 0 radical (unpaired) electrons. The van der Waals surface area contributed by atoms with Crippen LogP contribution in [0.3, 0.4) is 0 Å². The Hall–Kier alpha value is -3.86. The number of rotatable bonds is 8. The van der Waals surface area contributed by atoms with Crippen molar-refractivity contribution in [3.63, 3.8) is 0 Å². The molecular formula is C34H41N7O3. The minimum absolute atomic E-state index is 0.220. The first-order chi connectivity index (χ1) is 21.4. The third-order valence-electron chi connectivity index (χ3n) is 10.1. The Morgan fingerprint density at radius 2 is 1.91 bits per heavy atom. The SMILES string of the molecule is C=CCn1c(=O)c2cnc(Nc3ccc4c(c3)CCN([C@H]3CC[C@H](CO)CC3)C4)nc2n1-c1ccc2c(n1)[C@@](O)(CC)CC2. The van der Waals surface area contributed by atoms with Gasteiger partial charge in [-0.05, 0) is 92.2 Å². The van der Waals surface area contributed by atoms with Crippen molar-refractivity contribution in [2.75, 3.05) is 18.5 Å². The number of nitrogens with zero attached hydrogens (tertiary/aromatic N) is 6. The first kappa shape index (κ1) is 28.9. The van der Waals surface area contributed by atoms with E-state index in [1.54, 1.807) is 21.6 Å². The van der Waals surface area contributed by atoms with E-state index in [0.717, 1.165) is 50.0 Å². The summed E-state index contributed by atoms with van der Waals surface area (Å²) in [5.41, 5.74) is 4.56. The van der Waals surface area contributed by atoms with Crippen LogP contribution in [0.2, 0.25) is 0 Å². The topological polar surface area (TPSA) is 121 Å². The Morgan fingerprint density at radius 1 is 1.09 bits per heavy atom. The summed E-state index contributed by atoms with van der Waals surface area (Å²) in [7, 11) is 0. The number of nitrogens with one attached hydrogen (secondary N) is 1. The number of fused-ring (bicyclic) bond motifs is 3. The van der Waals surface area contributed by atoms with Crippen LogP contribution >= 0.6 is 0 Å². The van der Waals surface area contributed by atoms with E-state index in [4.69, 9.17) is 9.97 Å². The molecule has 3 N–H and O–H groups in total. The van der Waals surface area contributed by atoms with Crippen molar-refractivity contribution in [1.82, 2.24) is 29.2 Å². The summed E-state index contributed by atoms with van der Waals surface area (Å²) >= 11 is 0. The normalized spacial score (nSPS) is 23.4. The summed E-state index contributed by atoms with van der Waals surface area (Å²) in [5, 5.41) is 24.5. The second kappa shape index (κ2) is 11.6. The van der Waals surface area contributed by atoms with E-state index in [0.29, 0.717) is 59.9 Å². The van der Waals surface area contributed by atoms with Gasteiger partial charge in [0.15, 0.2) is 11.5 Å². The van der Waals surface area contributed by atoms with Crippen molar-refractivity contribution in [3.05, 3.63) is 81.9 Å². The zero-order chi connectivity index (χ0) is 30.4. The summed E-state index contributed by atoms with van der Waals surface area (Å²) in [6, 6.07) is 10.9. The maximum absolute atomic E-state index is 13.4. The van der Waals surface area contributed by atoms with Crippen LogP contribution in [-0.4, -0.2) is 58.6 Å². The molecule has 4 aromatic rings. The van der Waals surface area contributed by atoms with Crippen molar-refractivity contribution >= 4 is 22.7 Å². The second-order valence-corrected chi connectivity index (χ2v) is 12.7. The molecule has 1 atom stereocenters. The van der Waals surface area contributed by atoms with Crippen LogP contribution in [0, 0.1) is 5.92 Å². The Kier molecular flexibility index (Phi) is 7.60. The molecule has 0 amide bonds. The number of benzene rings is 1. The molecule has 1 fully saturated rings. The zero-order valence-corrected chi connectivity index (χ0v) is 25.4. The first-order valence-corrected chi connectivity index (χ1v) is 16.0. The van der Waals surface area contributed by atoms with Crippen LogP contribution in [0.5, 0.6) is 0 Å². The predicted octanol–water partition coefficient (Wildman–Crippen LogP) is 4.36. The number of aromatic nitrogens is 5. The molecule has 2 aliphatic carbocycles. The van der Waals surface area contributed by atoms with Gasteiger partial charge in [-0.3, -0.25) is 9.69 Å². The standard InChI is InChI=1S/C34H41N7O3/c1-3-16-40-32(43)28-19-35-33(38-31(28)41(40)29-12-8-23-13-15-34(44,4-2)30(23)37-29)36-26-9-7-25-20-39(17-14-24(25)18-26)27-10-5-22(21-42)6-11-27/h3,7-9,12,18-19,22,27,42,44H,1,4-6,10-11,13-17,20-21H2,2H3,(H,35,36,38)/t22-,27-,34-/m1/s1. The first-order valence-electron chi connectivity index (χ1n) is 16.0. The maximum Gasteiger partial charge on any atom is 0.278 e. The van der Waals surface area contributed by atoms with Crippen molar-refractivity contribution in [2.45, 2.75) is 83.0 Å². The van der Waals surface area contributed by atoms with E-state index in [-0.39, 0.29) is 12.1 Å². The second-order valence-electron chi connectivity index (χ2n) is 12.7. The minimum atomic E-state index is -0.970. The van der Waals surface area contributed by atoms with Crippen LogP contribution in [0.15, 0.2) is 54.0 Å².